The Labute approximate surface area is 159 Å². The van der Waals surface area contributed by atoms with E-state index in [1.807, 2.05) is 18.7 Å². The Morgan fingerprint density at radius 1 is 1.30 bits per heavy atom. The monoisotopic (exact) mass is 399 g/mol. The number of furan rings is 1. The molecule has 1 aliphatic rings. The summed E-state index contributed by atoms with van der Waals surface area (Å²) in [5, 5.41) is -0.0955. The SMILES string of the molecule is C[C@H]1CCC[C@H](C)N1C(=O)CSc1nc(-c2ccco2)cc(C(F)(F)F)n1. The molecule has 2 atom stereocenters. The number of rotatable bonds is 4. The minimum atomic E-state index is -4.61. The maximum absolute atomic E-state index is 13.2. The van der Waals surface area contributed by atoms with Crippen molar-refractivity contribution >= 4 is 17.7 Å². The molecule has 3 heterocycles. The van der Waals surface area contributed by atoms with Crippen LogP contribution in [0.5, 0.6) is 0 Å². The maximum Gasteiger partial charge on any atom is 0.433 e. The van der Waals surface area contributed by atoms with Crippen molar-refractivity contribution in [1.29, 1.82) is 0 Å². The van der Waals surface area contributed by atoms with Crippen LogP contribution in [0.4, 0.5) is 13.2 Å². The summed E-state index contributed by atoms with van der Waals surface area (Å²) in [5.41, 5.74) is -1.02. The van der Waals surface area contributed by atoms with Crippen molar-refractivity contribution in [2.45, 2.75) is 56.5 Å². The van der Waals surface area contributed by atoms with Crippen molar-refractivity contribution in [3.05, 3.63) is 30.2 Å². The molecule has 1 aliphatic heterocycles. The number of alkyl halides is 3. The third-order valence-corrected chi connectivity index (χ3v) is 5.41. The fourth-order valence-corrected chi connectivity index (χ4v) is 4.03. The Kier molecular flexibility index (Phi) is 5.78. The van der Waals surface area contributed by atoms with Crippen LogP contribution in [0.3, 0.4) is 0 Å². The van der Waals surface area contributed by atoms with Gasteiger partial charge in [0.2, 0.25) is 5.91 Å². The molecule has 0 spiro atoms. The molecule has 5 nitrogen and oxygen atoms in total. The van der Waals surface area contributed by atoms with Gasteiger partial charge < -0.3 is 9.32 Å². The molecule has 0 saturated carbocycles. The fourth-order valence-electron chi connectivity index (χ4n) is 3.30. The molecule has 2 aromatic heterocycles. The minimum Gasteiger partial charge on any atom is -0.463 e. The van der Waals surface area contributed by atoms with Crippen molar-refractivity contribution in [2.24, 2.45) is 0 Å². The Hall–Kier alpha value is -2.03. The zero-order valence-electron chi connectivity index (χ0n) is 15.0. The van der Waals surface area contributed by atoms with Gasteiger partial charge in [0, 0.05) is 12.1 Å². The van der Waals surface area contributed by atoms with Crippen LogP contribution in [0.25, 0.3) is 11.5 Å². The third-order valence-electron chi connectivity index (χ3n) is 4.58. The second-order valence-electron chi connectivity index (χ2n) is 6.61. The average Bonchev–Trinajstić information content (AvgIpc) is 3.13. The van der Waals surface area contributed by atoms with Crippen LogP contribution in [-0.4, -0.2) is 38.6 Å². The Balaban J connectivity index is 1.79. The molecular formula is C18H20F3N3O2S. The van der Waals surface area contributed by atoms with Gasteiger partial charge in [-0.1, -0.05) is 11.8 Å². The van der Waals surface area contributed by atoms with Crippen LogP contribution in [0.2, 0.25) is 0 Å². The van der Waals surface area contributed by atoms with E-state index in [1.54, 1.807) is 6.07 Å². The zero-order chi connectivity index (χ0) is 19.6. The number of carbonyl (C=O) groups is 1. The van der Waals surface area contributed by atoms with Gasteiger partial charge in [-0.25, -0.2) is 9.97 Å². The molecule has 0 bridgehead atoms. The third kappa shape index (κ3) is 4.63. The van der Waals surface area contributed by atoms with Gasteiger partial charge in [-0.05, 0) is 51.3 Å². The highest BCUT2D eigenvalue weighted by atomic mass is 32.2. The van der Waals surface area contributed by atoms with E-state index in [0.29, 0.717) is 0 Å². The summed E-state index contributed by atoms with van der Waals surface area (Å²) in [6, 6.07) is 4.20. The first-order chi connectivity index (χ1) is 12.8. The first-order valence-electron chi connectivity index (χ1n) is 8.70. The fraction of sp³-hybridized carbons (Fsp3) is 0.500. The van der Waals surface area contributed by atoms with Crippen LogP contribution >= 0.6 is 11.8 Å². The molecule has 1 amide bonds. The quantitative estimate of drug-likeness (QED) is 0.554. The predicted molar refractivity (Wildman–Crippen MR) is 95.1 cm³/mol. The van der Waals surface area contributed by atoms with Gasteiger partial charge in [-0.15, -0.1) is 0 Å². The first kappa shape index (κ1) is 19.7. The second kappa shape index (κ2) is 7.92. The summed E-state index contributed by atoms with van der Waals surface area (Å²) in [7, 11) is 0. The Morgan fingerprint density at radius 2 is 2.00 bits per heavy atom. The number of piperidine rings is 1. The van der Waals surface area contributed by atoms with Gasteiger partial charge in [-0.3, -0.25) is 4.79 Å². The summed E-state index contributed by atoms with van der Waals surface area (Å²) in [4.78, 5) is 22.1. The van der Waals surface area contributed by atoms with E-state index in [2.05, 4.69) is 9.97 Å². The van der Waals surface area contributed by atoms with E-state index >= 15 is 0 Å². The second-order valence-corrected chi connectivity index (χ2v) is 7.56. The molecule has 3 rings (SSSR count). The molecule has 2 aromatic rings. The number of aromatic nitrogens is 2. The van der Waals surface area contributed by atoms with E-state index < -0.39 is 11.9 Å². The molecule has 0 N–H and O–H groups in total. The van der Waals surface area contributed by atoms with Crippen LogP contribution in [0.1, 0.15) is 38.8 Å². The Bertz CT molecular complexity index is 786. The number of amides is 1. The molecule has 0 unspecified atom stereocenters. The van der Waals surface area contributed by atoms with Crippen LogP contribution < -0.4 is 0 Å². The summed E-state index contributed by atoms with van der Waals surface area (Å²) in [6.45, 7) is 3.99. The van der Waals surface area contributed by atoms with Gasteiger partial charge in [0.25, 0.3) is 0 Å². The number of likely N-dealkylation sites (tertiary alicyclic amines) is 1. The molecule has 0 aromatic carbocycles. The lowest BCUT2D eigenvalue weighted by Gasteiger charge is -2.39. The lowest BCUT2D eigenvalue weighted by Crippen LogP contribution is -2.48. The summed E-state index contributed by atoms with van der Waals surface area (Å²) in [6.07, 6.45) is -0.310. The van der Waals surface area contributed by atoms with Gasteiger partial charge >= 0.3 is 6.18 Å². The van der Waals surface area contributed by atoms with E-state index in [-0.39, 0.29) is 40.4 Å². The van der Waals surface area contributed by atoms with Crippen molar-refractivity contribution in [2.75, 3.05) is 5.75 Å². The molecule has 146 valence electrons. The predicted octanol–water partition coefficient (Wildman–Crippen LogP) is 4.64. The summed E-state index contributed by atoms with van der Waals surface area (Å²) >= 11 is 0.913. The maximum atomic E-state index is 13.2. The van der Waals surface area contributed by atoms with Crippen molar-refractivity contribution in [3.8, 4) is 11.5 Å². The van der Waals surface area contributed by atoms with E-state index in [0.717, 1.165) is 37.1 Å². The van der Waals surface area contributed by atoms with Crippen LogP contribution in [0, 0.1) is 0 Å². The summed E-state index contributed by atoms with van der Waals surface area (Å²) in [5.74, 6) is 0.0998. The lowest BCUT2D eigenvalue weighted by atomic mass is 9.98. The van der Waals surface area contributed by atoms with Gasteiger partial charge in [0.05, 0.1) is 12.0 Å². The topological polar surface area (TPSA) is 59.2 Å². The van der Waals surface area contributed by atoms with Crippen molar-refractivity contribution < 1.29 is 22.4 Å². The number of hydrogen-bond donors (Lipinski definition) is 0. The highest BCUT2D eigenvalue weighted by Crippen LogP contribution is 2.32. The number of hydrogen-bond acceptors (Lipinski definition) is 5. The van der Waals surface area contributed by atoms with Crippen molar-refractivity contribution in [3.63, 3.8) is 0 Å². The molecular weight excluding hydrogens is 379 g/mol. The minimum absolute atomic E-state index is 0.00636. The lowest BCUT2D eigenvalue weighted by molar-refractivity contribution is -0.141. The molecule has 1 fully saturated rings. The first-order valence-corrected chi connectivity index (χ1v) is 9.68. The highest BCUT2D eigenvalue weighted by Gasteiger charge is 2.34. The van der Waals surface area contributed by atoms with Gasteiger partial charge in [0.1, 0.15) is 11.4 Å². The zero-order valence-corrected chi connectivity index (χ0v) is 15.8. The molecule has 1 saturated heterocycles. The van der Waals surface area contributed by atoms with Crippen LogP contribution in [-0.2, 0) is 11.0 Å². The number of thioether (sulfide) groups is 1. The van der Waals surface area contributed by atoms with Gasteiger partial charge in [0.15, 0.2) is 10.9 Å². The number of carbonyl (C=O) groups excluding carboxylic acids is 1. The Morgan fingerprint density at radius 3 is 2.59 bits per heavy atom. The average molecular weight is 399 g/mol. The van der Waals surface area contributed by atoms with Crippen molar-refractivity contribution in [1.82, 2.24) is 14.9 Å². The standard InChI is InChI=1S/C18H20F3N3O2S/c1-11-5-3-6-12(2)24(11)16(25)10-27-17-22-13(14-7-4-8-26-14)9-15(23-17)18(19,20)21/h4,7-9,11-12H,3,5-6,10H2,1-2H3/t11-,12-/m0/s1. The van der Waals surface area contributed by atoms with Crippen LogP contribution in [0.15, 0.2) is 34.0 Å². The van der Waals surface area contributed by atoms with Gasteiger partial charge in [-0.2, -0.15) is 13.2 Å². The van der Waals surface area contributed by atoms with E-state index in [1.165, 1.54) is 12.3 Å². The molecule has 27 heavy (non-hydrogen) atoms. The molecule has 0 radical (unpaired) electrons. The molecule has 0 aliphatic carbocycles. The largest absolute Gasteiger partial charge is 0.463 e. The van der Waals surface area contributed by atoms with E-state index in [4.69, 9.17) is 4.42 Å². The smallest absolute Gasteiger partial charge is 0.433 e. The number of halogens is 3. The molecule has 9 heteroatoms. The normalized spacial score (nSPS) is 20.7. The highest BCUT2D eigenvalue weighted by molar-refractivity contribution is 7.99. The number of nitrogens with zero attached hydrogens (tertiary/aromatic N) is 3. The summed E-state index contributed by atoms with van der Waals surface area (Å²) < 4.78 is 44.7. The van der Waals surface area contributed by atoms with E-state index in [9.17, 15) is 18.0 Å².